The molecule has 0 amide bonds. The first-order valence-corrected chi connectivity index (χ1v) is 5.75. The van der Waals surface area contributed by atoms with Gasteiger partial charge in [-0.15, -0.1) is 12.4 Å². The number of rotatable bonds is 0. The number of aryl methyl sites for hydroxylation is 1. The van der Waals surface area contributed by atoms with Crippen LogP contribution in [0.3, 0.4) is 0 Å². The van der Waals surface area contributed by atoms with Crippen LogP contribution in [0.1, 0.15) is 22.6 Å². The van der Waals surface area contributed by atoms with Gasteiger partial charge in [0.15, 0.2) is 0 Å². The van der Waals surface area contributed by atoms with Crippen molar-refractivity contribution in [3.05, 3.63) is 33.8 Å². The highest BCUT2D eigenvalue weighted by atomic mass is 35.5. The van der Waals surface area contributed by atoms with Gasteiger partial charge in [0, 0.05) is 29.6 Å². The second-order valence-corrected chi connectivity index (χ2v) is 4.76. The van der Waals surface area contributed by atoms with Gasteiger partial charge in [0.1, 0.15) is 0 Å². The second kappa shape index (κ2) is 4.53. The van der Waals surface area contributed by atoms with Crippen molar-refractivity contribution in [1.82, 2.24) is 5.32 Å². The van der Waals surface area contributed by atoms with Crippen LogP contribution in [-0.2, 0) is 11.3 Å². The van der Waals surface area contributed by atoms with Crippen LogP contribution >= 0.6 is 24.0 Å². The molecule has 0 aromatic heterocycles. The van der Waals surface area contributed by atoms with Crippen molar-refractivity contribution in [2.75, 3.05) is 13.1 Å². The van der Waals surface area contributed by atoms with Crippen LogP contribution in [0.25, 0.3) is 0 Å². The molecule has 3 rings (SSSR count). The average molecular weight is 260 g/mol. The highest BCUT2D eigenvalue weighted by Gasteiger charge is 2.35. The molecule has 16 heavy (non-hydrogen) atoms. The fourth-order valence-corrected chi connectivity index (χ4v) is 2.80. The molecule has 88 valence electrons. The Morgan fingerprint density at radius 2 is 2.19 bits per heavy atom. The monoisotopic (exact) mass is 259 g/mol. The van der Waals surface area contributed by atoms with Crippen LogP contribution in [0.15, 0.2) is 12.1 Å². The summed E-state index contributed by atoms with van der Waals surface area (Å²) in [7, 11) is 0. The summed E-state index contributed by atoms with van der Waals surface area (Å²) in [4.78, 5) is 0. The van der Waals surface area contributed by atoms with E-state index in [1.165, 1.54) is 11.1 Å². The van der Waals surface area contributed by atoms with E-state index >= 15 is 0 Å². The Bertz CT molecular complexity index is 408. The second-order valence-electron chi connectivity index (χ2n) is 4.38. The minimum Gasteiger partial charge on any atom is -0.371 e. The normalized spacial score (nSPS) is 26.9. The van der Waals surface area contributed by atoms with E-state index < -0.39 is 0 Å². The number of nitrogens with one attached hydrogen (secondary N) is 1. The number of hydrogen-bond donors (Lipinski definition) is 1. The van der Waals surface area contributed by atoms with Crippen LogP contribution in [0.5, 0.6) is 0 Å². The van der Waals surface area contributed by atoms with E-state index in [9.17, 15) is 0 Å². The summed E-state index contributed by atoms with van der Waals surface area (Å²) < 4.78 is 5.82. The van der Waals surface area contributed by atoms with E-state index in [0.29, 0.717) is 18.6 Å². The Morgan fingerprint density at radius 1 is 1.38 bits per heavy atom. The number of fused-ring (bicyclic) bond motifs is 3. The summed E-state index contributed by atoms with van der Waals surface area (Å²) in [5, 5.41) is 4.26. The smallest absolute Gasteiger partial charge is 0.0784 e. The van der Waals surface area contributed by atoms with Crippen molar-refractivity contribution in [1.29, 1.82) is 0 Å². The average Bonchev–Trinajstić information content (AvgIpc) is 2.71. The fraction of sp³-hybridized carbons (Fsp3) is 0.500. The Morgan fingerprint density at radius 3 is 3.00 bits per heavy atom. The van der Waals surface area contributed by atoms with Crippen molar-refractivity contribution in [2.45, 2.75) is 25.6 Å². The third-order valence-electron chi connectivity index (χ3n) is 3.47. The molecule has 0 spiro atoms. The van der Waals surface area contributed by atoms with Gasteiger partial charge >= 0.3 is 0 Å². The Kier molecular flexibility index (Phi) is 3.45. The van der Waals surface area contributed by atoms with Crippen molar-refractivity contribution in [3.63, 3.8) is 0 Å². The lowest BCUT2D eigenvalue weighted by atomic mass is 9.89. The van der Waals surface area contributed by atoms with E-state index in [0.717, 1.165) is 23.7 Å². The van der Waals surface area contributed by atoms with E-state index in [1.807, 2.05) is 6.92 Å². The van der Waals surface area contributed by atoms with Crippen molar-refractivity contribution < 1.29 is 4.74 Å². The van der Waals surface area contributed by atoms with Gasteiger partial charge in [0.2, 0.25) is 0 Å². The van der Waals surface area contributed by atoms with Gasteiger partial charge in [-0.3, -0.25) is 0 Å². The third-order valence-corrected chi connectivity index (χ3v) is 4.00. The van der Waals surface area contributed by atoms with Gasteiger partial charge < -0.3 is 10.1 Å². The minimum atomic E-state index is 0. The SMILES string of the molecule is Cc1ccc2c(c1Cl)CO[C@H]1CNC[C@@H]21.Cl. The maximum Gasteiger partial charge on any atom is 0.0784 e. The van der Waals surface area contributed by atoms with Crippen LogP contribution < -0.4 is 5.32 Å². The first-order valence-electron chi connectivity index (χ1n) is 5.37. The van der Waals surface area contributed by atoms with Gasteiger partial charge in [-0.1, -0.05) is 23.7 Å². The highest BCUT2D eigenvalue weighted by molar-refractivity contribution is 6.32. The van der Waals surface area contributed by atoms with Gasteiger partial charge in [0.05, 0.1) is 12.7 Å². The van der Waals surface area contributed by atoms with Crippen LogP contribution in [-0.4, -0.2) is 19.2 Å². The molecule has 1 N–H and O–H groups in total. The predicted molar refractivity (Wildman–Crippen MR) is 67.6 cm³/mol. The number of hydrogen-bond acceptors (Lipinski definition) is 2. The van der Waals surface area contributed by atoms with Gasteiger partial charge in [0.25, 0.3) is 0 Å². The molecule has 2 aliphatic heterocycles. The van der Waals surface area contributed by atoms with Crippen molar-refractivity contribution >= 4 is 24.0 Å². The van der Waals surface area contributed by atoms with Crippen LogP contribution in [0, 0.1) is 6.92 Å². The topological polar surface area (TPSA) is 21.3 Å². The lowest BCUT2D eigenvalue weighted by molar-refractivity contribution is 0.0299. The van der Waals surface area contributed by atoms with Crippen molar-refractivity contribution in [2.24, 2.45) is 0 Å². The Balaban J connectivity index is 0.000000963. The number of ether oxygens (including phenoxy) is 1. The summed E-state index contributed by atoms with van der Waals surface area (Å²) in [5.74, 6) is 0.492. The van der Waals surface area contributed by atoms with Gasteiger partial charge in [-0.05, 0) is 18.1 Å². The molecule has 2 aliphatic rings. The van der Waals surface area contributed by atoms with Gasteiger partial charge in [-0.25, -0.2) is 0 Å². The molecule has 0 bridgehead atoms. The molecule has 0 aliphatic carbocycles. The largest absolute Gasteiger partial charge is 0.371 e. The zero-order valence-corrected chi connectivity index (χ0v) is 10.7. The maximum atomic E-state index is 6.30. The molecule has 0 saturated carbocycles. The van der Waals surface area contributed by atoms with E-state index in [-0.39, 0.29) is 12.4 Å². The number of benzene rings is 1. The molecule has 1 aromatic rings. The van der Waals surface area contributed by atoms with Crippen LogP contribution in [0.2, 0.25) is 5.02 Å². The zero-order chi connectivity index (χ0) is 10.4. The molecule has 1 fully saturated rings. The maximum absolute atomic E-state index is 6.30. The molecule has 2 atom stereocenters. The Labute approximate surface area is 107 Å². The number of halogens is 2. The zero-order valence-electron chi connectivity index (χ0n) is 9.13. The minimum absolute atomic E-state index is 0. The van der Waals surface area contributed by atoms with Gasteiger partial charge in [-0.2, -0.15) is 0 Å². The first kappa shape index (κ1) is 12.2. The van der Waals surface area contributed by atoms with Crippen LogP contribution in [0.4, 0.5) is 0 Å². The predicted octanol–water partition coefficient (Wildman–Crippen LogP) is 2.66. The molecular formula is C12H15Cl2NO. The molecule has 1 saturated heterocycles. The highest BCUT2D eigenvalue weighted by Crippen LogP contribution is 2.37. The fourth-order valence-electron chi connectivity index (χ4n) is 2.58. The van der Waals surface area contributed by atoms with E-state index in [4.69, 9.17) is 16.3 Å². The molecule has 0 radical (unpaired) electrons. The first-order chi connectivity index (χ1) is 7.27. The molecule has 4 heteroatoms. The standard InChI is InChI=1S/C12H14ClNO.ClH/c1-7-2-3-8-9-4-14-5-11(9)15-6-10(8)12(7)13;/h2-3,9,11,14H,4-6H2,1H3;1H/t9-,11-;/m0./s1. The lowest BCUT2D eigenvalue weighted by Crippen LogP contribution is -2.27. The quantitative estimate of drug-likeness (QED) is 0.774. The summed E-state index contributed by atoms with van der Waals surface area (Å²) in [6, 6.07) is 4.32. The lowest BCUT2D eigenvalue weighted by Gasteiger charge is -2.29. The summed E-state index contributed by atoms with van der Waals surface area (Å²) in [6.45, 7) is 4.69. The summed E-state index contributed by atoms with van der Waals surface area (Å²) in [5.41, 5.74) is 3.72. The summed E-state index contributed by atoms with van der Waals surface area (Å²) in [6.07, 6.45) is 0.344. The molecule has 1 aromatic carbocycles. The molecule has 2 heterocycles. The molecular weight excluding hydrogens is 245 g/mol. The summed E-state index contributed by atoms with van der Waals surface area (Å²) >= 11 is 6.30. The van der Waals surface area contributed by atoms with E-state index in [2.05, 4.69) is 17.4 Å². The third kappa shape index (κ3) is 1.74. The van der Waals surface area contributed by atoms with E-state index in [1.54, 1.807) is 0 Å². The molecule has 2 nitrogen and oxygen atoms in total. The Hall–Kier alpha value is -0.280. The molecule has 0 unspecified atom stereocenters. The van der Waals surface area contributed by atoms with Crippen molar-refractivity contribution in [3.8, 4) is 0 Å².